The first-order valence-corrected chi connectivity index (χ1v) is 9.56. The summed E-state index contributed by atoms with van der Waals surface area (Å²) in [5, 5.41) is 15.3. The molecule has 0 saturated heterocycles. The predicted molar refractivity (Wildman–Crippen MR) is 98.5 cm³/mol. The van der Waals surface area contributed by atoms with Gasteiger partial charge in [-0.25, -0.2) is 9.78 Å². The van der Waals surface area contributed by atoms with Gasteiger partial charge in [0.15, 0.2) is 0 Å². The van der Waals surface area contributed by atoms with Gasteiger partial charge in [0.05, 0.1) is 10.7 Å². The zero-order chi connectivity index (χ0) is 18.6. The largest absolute Gasteiger partial charge is 0.487 e. The minimum atomic E-state index is -1.16. The molecule has 1 aliphatic rings. The van der Waals surface area contributed by atoms with E-state index in [1.165, 1.54) is 0 Å². The van der Waals surface area contributed by atoms with Gasteiger partial charge in [-0.1, -0.05) is 25.3 Å². The Hall–Kier alpha value is -2.41. The molecule has 0 atom stereocenters. The number of hydrogen-bond donors (Lipinski definition) is 2. The Morgan fingerprint density at radius 2 is 2.08 bits per heavy atom. The molecule has 3 rings (SSSR count). The zero-order valence-electron chi connectivity index (χ0n) is 14.7. The standard InChI is InChI=1S/C19H22N2O4S/c1-13-20-15(12-26-13)11-25-16-7-5-6-14(10-16)17(22)21-19(18(23)24)8-3-2-4-9-19/h5-7,10,12H,2-4,8-9,11H2,1H3,(H,21,22)(H,23,24). The van der Waals surface area contributed by atoms with Crippen molar-refractivity contribution in [2.75, 3.05) is 0 Å². The Balaban J connectivity index is 1.68. The van der Waals surface area contributed by atoms with Crippen LogP contribution in [0.4, 0.5) is 0 Å². The van der Waals surface area contributed by atoms with Crippen molar-refractivity contribution in [3.63, 3.8) is 0 Å². The van der Waals surface area contributed by atoms with E-state index in [-0.39, 0.29) is 5.91 Å². The van der Waals surface area contributed by atoms with E-state index >= 15 is 0 Å². The minimum Gasteiger partial charge on any atom is -0.487 e. The number of thiazole rings is 1. The first kappa shape index (κ1) is 18.4. The third-order valence-corrected chi connectivity index (χ3v) is 5.44. The lowest BCUT2D eigenvalue weighted by molar-refractivity contribution is -0.145. The lowest BCUT2D eigenvalue weighted by atomic mass is 9.81. The molecule has 0 radical (unpaired) electrons. The SMILES string of the molecule is Cc1nc(COc2cccc(C(=O)NC3(C(=O)O)CCCCC3)c2)cs1. The summed E-state index contributed by atoms with van der Waals surface area (Å²) in [5.74, 6) is -0.794. The molecule has 2 aromatic rings. The lowest BCUT2D eigenvalue weighted by Gasteiger charge is -2.34. The van der Waals surface area contributed by atoms with Crippen LogP contribution in [-0.2, 0) is 11.4 Å². The highest BCUT2D eigenvalue weighted by Gasteiger charge is 2.41. The number of amides is 1. The molecule has 1 fully saturated rings. The molecule has 2 N–H and O–H groups in total. The third kappa shape index (κ3) is 4.22. The molecule has 1 amide bonds. The number of carbonyl (C=O) groups is 2. The molecule has 0 bridgehead atoms. The van der Waals surface area contributed by atoms with Gasteiger partial charge in [0.2, 0.25) is 0 Å². The van der Waals surface area contributed by atoms with E-state index < -0.39 is 11.5 Å². The van der Waals surface area contributed by atoms with Gasteiger partial charge in [-0.3, -0.25) is 4.79 Å². The second-order valence-corrected chi connectivity index (χ2v) is 7.64. The zero-order valence-corrected chi connectivity index (χ0v) is 15.5. The lowest BCUT2D eigenvalue weighted by Crippen LogP contribution is -2.55. The van der Waals surface area contributed by atoms with Crippen LogP contribution in [0.25, 0.3) is 0 Å². The highest BCUT2D eigenvalue weighted by molar-refractivity contribution is 7.09. The van der Waals surface area contributed by atoms with E-state index in [4.69, 9.17) is 4.74 Å². The van der Waals surface area contributed by atoms with Crippen molar-refractivity contribution in [1.29, 1.82) is 0 Å². The Kier molecular flexibility index (Phi) is 5.56. The summed E-state index contributed by atoms with van der Waals surface area (Å²) in [5.41, 5.74) is 0.0715. The Bertz CT molecular complexity index is 796. The van der Waals surface area contributed by atoms with E-state index in [2.05, 4.69) is 10.3 Å². The maximum absolute atomic E-state index is 12.6. The second-order valence-electron chi connectivity index (χ2n) is 6.58. The van der Waals surface area contributed by atoms with Crippen LogP contribution in [0, 0.1) is 6.92 Å². The van der Waals surface area contributed by atoms with Crippen LogP contribution in [0.15, 0.2) is 29.6 Å². The molecule has 1 saturated carbocycles. The predicted octanol–water partition coefficient (Wildman–Crippen LogP) is 3.55. The van der Waals surface area contributed by atoms with Crippen molar-refractivity contribution in [3.8, 4) is 5.75 Å². The van der Waals surface area contributed by atoms with Crippen molar-refractivity contribution < 1.29 is 19.4 Å². The highest BCUT2D eigenvalue weighted by atomic mass is 32.1. The molecule has 1 aromatic heterocycles. The number of nitrogens with one attached hydrogen (secondary N) is 1. The van der Waals surface area contributed by atoms with Crippen LogP contribution < -0.4 is 10.1 Å². The van der Waals surface area contributed by atoms with E-state index in [0.717, 1.165) is 30.0 Å². The fraction of sp³-hybridized carbons (Fsp3) is 0.421. The number of aromatic nitrogens is 1. The number of hydrogen-bond acceptors (Lipinski definition) is 5. The Morgan fingerprint density at radius 1 is 1.31 bits per heavy atom. The van der Waals surface area contributed by atoms with E-state index in [0.29, 0.717) is 30.8 Å². The number of ether oxygens (including phenoxy) is 1. The number of aryl methyl sites for hydroxylation is 1. The molecular weight excluding hydrogens is 352 g/mol. The molecule has 0 aliphatic heterocycles. The van der Waals surface area contributed by atoms with E-state index in [1.807, 2.05) is 12.3 Å². The van der Waals surface area contributed by atoms with Crippen molar-refractivity contribution in [3.05, 3.63) is 45.9 Å². The molecule has 1 aliphatic carbocycles. The monoisotopic (exact) mass is 374 g/mol. The van der Waals surface area contributed by atoms with Gasteiger partial charge < -0.3 is 15.2 Å². The van der Waals surface area contributed by atoms with Gasteiger partial charge >= 0.3 is 5.97 Å². The first-order chi connectivity index (χ1) is 12.5. The highest BCUT2D eigenvalue weighted by Crippen LogP contribution is 2.29. The molecule has 6 nitrogen and oxygen atoms in total. The molecule has 0 spiro atoms. The number of benzene rings is 1. The summed E-state index contributed by atoms with van der Waals surface area (Å²) in [6.07, 6.45) is 3.55. The van der Waals surface area contributed by atoms with Gasteiger partial charge in [0.1, 0.15) is 17.9 Å². The smallest absolute Gasteiger partial charge is 0.329 e. The number of carboxylic acids is 1. The first-order valence-electron chi connectivity index (χ1n) is 8.68. The van der Waals surface area contributed by atoms with Crippen molar-refractivity contribution in [1.82, 2.24) is 10.3 Å². The fourth-order valence-electron chi connectivity index (χ4n) is 3.20. The quantitative estimate of drug-likeness (QED) is 0.807. The molecule has 1 heterocycles. The van der Waals surface area contributed by atoms with Crippen LogP contribution in [0.1, 0.15) is 53.2 Å². The number of nitrogens with zero attached hydrogens (tertiary/aromatic N) is 1. The molecule has 1 aromatic carbocycles. The fourth-order valence-corrected chi connectivity index (χ4v) is 3.79. The van der Waals surface area contributed by atoms with E-state index in [9.17, 15) is 14.7 Å². The van der Waals surface area contributed by atoms with E-state index in [1.54, 1.807) is 35.6 Å². The molecule has 26 heavy (non-hydrogen) atoms. The third-order valence-electron chi connectivity index (χ3n) is 4.62. The maximum atomic E-state index is 12.6. The maximum Gasteiger partial charge on any atom is 0.329 e. The van der Waals surface area contributed by atoms with Gasteiger partial charge in [-0.15, -0.1) is 11.3 Å². The topological polar surface area (TPSA) is 88.5 Å². The molecule has 7 heteroatoms. The Labute approximate surface area is 156 Å². The van der Waals surface area contributed by atoms with Gasteiger partial charge in [-0.2, -0.15) is 0 Å². The van der Waals surface area contributed by atoms with Crippen molar-refractivity contribution in [2.24, 2.45) is 0 Å². The molecule has 138 valence electrons. The Morgan fingerprint density at radius 3 is 2.73 bits per heavy atom. The second kappa shape index (κ2) is 7.86. The normalized spacial score (nSPS) is 16.0. The minimum absolute atomic E-state index is 0.328. The number of carbonyl (C=O) groups excluding carboxylic acids is 1. The summed E-state index contributed by atoms with van der Waals surface area (Å²) in [6.45, 7) is 2.26. The van der Waals surface area contributed by atoms with Crippen LogP contribution in [0.3, 0.4) is 0 Å². The average molecular weight is 374 g/mol. The molecule has 0 unspecified atom stereocenters. The van der Waals surface area contributed by atoms with Crippen LogP contribution in [-0.4, -0.2) is 27.5 Å². The number of aliphatic carboxylic acids is 1. The van der Waals surface area contributed by atoms with Crippen molar-refractivity contribution in [2.45, 2.75) is 51.2 Å². The molecular formula is C19H22N2O4S. The summed E-state index contributed by atoms with van der Waals surface area (Å²) in [4.78, 5) is 28.7. The summed E-state index contributed by atoms with van der Waals surface area (Å²) < 4.78 is 5.71. The van der Waals surface area contributed by atoms with Crippen LogP contribution in [0.5, 0.6) is 5.75 Å². The summed E-state index contributed by atoms with van der Waals surface area (Å²) >= 11 is 1.56. The number of carboxylic acid groups (broad SMARTS) is 1. The van der Waals surface area contributed by atoms with Crippen LogP contribution in [0.2, 0.25) is 0 Å². The summed E-state index contributed by atoms with van der Waals surface area (Å²) in [6, 6.07) is 6.79. The van der Waals surface area contributed by atoms with Gasteiger partial charge in [0, 0.05) is 10.9 Å². The van der Waals surface area contributed by atoms with Gasteiger partial charge in [0.25, 0.3) is 5.91 Å². The van der Waals surface area contributed by atoms with Gasteiger partial charge in [-0.05, 0) is 38.0 Å². The summed E-state index contributed by atoms with van der Waals surface area (Å²) in [7, 11) is 0. The van der Waals surface area contributed by atoms with Crippen molar-refractivity contribution >= 4 is 23.2 Å². The average Bonchev–Trinajstić information content (AvgIpc) is 3.06. The number of rotatable bonds is 6. The van der Waals surface area contributed by atoms with Crippen LogP contribution >= 0.6 is 11.3 Å².